The Morgan fingerprint density at radius 1 is 1.10 bits per heavy atom. The van der Waals surface area contributed by atoms with Gasteiger partial charge in [-0.3, -0.25) is 9.78 Å². The lowest BCUT2D eigenvalue weighted by atomic mass is 9.55. The molecule has 2 heterocycles. The number of nitrogens with one attached hydrogen (secondary N) is 1. The second kappa shape index (κ2) is 7.55. The van der Waals surface area contributed by atoms with Gasteiger partial charge in [-0.15, -0.1) is 0 Å². The normalized spacial score (nSPS) is 20.2. The molecule has 6 heteroatoms. The molecular weight excluding hydrogens is 401 g/mol. The number of benzene rings is 2. The molecule has 0 unspecified atom stereocenters. The van der Waals surface area contributed by atoms with Crippen LogP contribution in [0.5, 0.6) is 0 Å². The number of aromatic nitrogens is 1. The first-order valence-corrected chi connectivity index (χ1v) is 10.8. The van der Waals surface area contributed by atoms with Gasteiger partial charge in [0.2, 0.25) is 5.91 Å². The van der Waals surface area contributed by atoms with Gasteiger partial charge in [0.15, 0.2) is 0 Å². The van der Waals surface area contributed by atoms with Crippen LogP contribution in [0.15, 0.2) is 54.7 Å². The van der Waals surface area contributed by atoms with Crippen molar-refractivity contribution in [1.82, 2.24) is 4.98 Å². The van der Waals surface area contributed by atoms with E-state index in [1.807, 2.05) is 18.2 Å². The van der Waals surface area contributed by atoms with Gasteiger partial charge in [-0.2, -0.15) is 0 Å². The summed E-state index contributed by atoms with van der Waals surface area (Å²) in [4.78, 5) is 19.6. The Labute approximate surface area is 180 Å². The van der Waals surface area contributed by atoms with Gasteiger partial charge in [0.1, 0.15) is 5.82 Å². The average Bonchev–Trinajstić information content (AvgIpc) is 2.74. The largest absolute Gasteiger partial charge is 0.371 e. The molecule has 1 aliphatic heterocycles. The van der Waals surface area contributed by atoms with E-state index < -0.39 is 0 Å². The number of rotatable bonds is 3. The Balaban J connectivity index is 1.29. The van der Waals surface area contributed by atoms with Crippen molar-refractivity contribution in [2.24, 2.45) is 11.3 Å². The summed E-state index contributed by atoms with van der Waals surface area (Å²) in [6.45, 7) is 1.72. The Bertz CT molecular complexity index is 1090. The number of amides is 1. The van der Waals surface area contributed by atoms with E-state index in [9.17, 15) is 9.18 Å². The maximum atomic E-state index is 13.8. The maximum Gasteiger partial charge on any atom is 0.228 e. The van der Waals surface area contributed by atoms with E-state index in [-0.39, 0.29) is 23.1 Å². The summed E-state index contributed by atoms with van der Waals surface area (Å²) in [5.74, 6) is -0.0985. The van der Waals surface area contributed by atoms with E-state index in [2.05, 4.69) is 15.2 Å². The predicted molar refractivity (Wildman–Crippen MR) is 118 cm³/mol. The summed E-state index contributed by atoms with van der Waals surface area (Å²) in [7, 11) is 0. The van der Waals surface area contributed by atoms with Crippen LogP contribution in [0.2, 0.25) is 5.02 Å². The first-order valence-electron chi connectivity index (χ1n) is 10.4. The lowest BCUT2D eigenvalue weighted by Crippen LogP contribution is -2.53. The zero-order chi connectivity index (χ0) is 20.7. The summed E-state index contributed by atoms with van der Waals surface area (Å²) >= 11 is 5.93. The molecule has 1 aliphatic carbocycles. The molecule has 4 nitrogen and oxygen atoms in total. The summed E-state index contributed by atoms with van der Waals surface area (Å²) < 4.78 is 13.8. The van der Waals surface area contributed by atoms with Crippen LogP contribution >= 0.6 is 11.6 Å². The quantitative estimate of drug-likeness (QED) is 0.591. The predicted octanol–water partition coefficient (Wildman–Crippen LogP) is 5.66. The van der Waals surface area contributed by atoms with Crippen molar-refractivity contribution < 1.29 is 9.18 Å². The molecule has 2 aliphatic rings. The number of halogens is 2. The van der Waals surface area contributed by atoms with Gasteiger partial charge >= 0.3 is 0 Å². The minimum absolute atomic E-state index is 0.0435. The molecule has 1 saturated carbocycles. The van der Waals surface area contributed by atoms with Gasteiger partial charge in [-0.25, -0.2) is 4.39 Å². The second-order valence-corrected chi connectivity index (χ2v) is 8.86. The molecule has 2 fully saturated rings. The number of hydrogen-bond donors (Lipinski definition) is 1. The van der Waals surface area contributed by atoms with Crippen molar-refractivity contribution in [1.29, 1.82) is 0 Å². The fourth-order valence-corrected chi connectivity index (χ4v) is 5.17. The van der Waals surface area contributed by atoms with Crippen molar-refractivity contribution in [3.8, 4) is 0 Å². The van der Waals surface area contributed by atoms with E-state index in [0.717, 1.165) is 61.1 Å². The molecule has 154 valence electrons. The van der Waals surface area contributed by atoms with Crippen LogP contribution in [0, 0.1) is 17.2 Å². The minimum atomic E-state index is -0.247. The fraction of sp³-hybridized carbons (Fsp3) is 0.333. The second-order valence-electron chi connectivity index (χ2n) is 8.43. The van der Waals surface area contributed by atoms with Gasteiger partial charge in [0, 0.05) is 47.0 Å². The van der Waals surface area contributed by atoms with Crippen LogP contribution in [-0.2, 0) is 4.79 Å². The monoisotopic (exact) mass is 423 g/mol. The lowest BCUT2D eigenvalue weighted by molar-refractivity contribution is -0.132. The van der Waals surface area contributed by atoms with Crippen LogP contribution in [0.3, 0.4) is 0 Å². The highest BCUT2D eigenvalue weighted by Crippen LogP contribution is 2.54. The molecule has 1 N–H and O–H groups in total. The van der Waals surface area contributed by atoms with Gasteiger partial charge in [0.05, 0.1) is 5.52 Å². The smallest absolute Gasteiger partial charge is 0.228 e. The zero-order valence-electron chi connectivity index (χ0n) is 16.6. The molecule has 1 spiro atoms. The van der Waals surface area contributed by atoms with Crippen LogP contribution in [0.1, 0.15) is 25.7 Å². The number of fused-ring (bicyclic) bond motifs is 1. The Hall–Kier alpha value is -2.66. The zero-order valence-corrected chi connectivity index (χ0v) is 17.3. The highest BCUT2D eigenvalue weighted by molar-refractivity contribution is 6.30. The van der Waals surface area contributed by atoms with Crippen LogP contribution < -0.4 is 10.2 Å². The molecular formula is C24H23ClFN3O. The molecule has 1 aromatic heterocycles. The SMILES string of the molecule is O=C(Nc1ccc(Cl)cc1)[C@H]1CCC12CCN(c1ccnc3ccc(F)cc13)CC2. The molecule has 1 saturated heterocycles. The third-order valence-corrected chi connectivity index (χ3v) is 7.13. The van der Waals surface area contributed by atoms with Crippen LogP contribution in [0.4, 0.5) is 15.8 Å². The lowest BCUT2D eigenvalue weighted by Gasteiger charge is -2.53. The number of anilines is 2. The Morgan fingerprint density at radius 2 is 1.87 bits per heavy atom. The van der Waals surface area contributed by atoms with E-state index in [0.29, 0.717) is 5.02 Å². The molecule has 1 amide bonds. The summed E-state index contributed by atoms with van der Waals surface area (Å²) in [5, 5.41) is 4.56. The van der Waals surface area contributed by atoms with Crippen LogP contribution in [-0.4, -0.2) is 24.0 Å². The summed E-state index contributed by atoms with van der Waals surface area (Å²) in [6, 6.07) is 13.9. The van der Waals surface area contributed by atoms with E-state index in [1.165, 1.54) is 6.07 Å². The fourth-order valence-electron chi connectivity index (χ4n) is 5.04. The van der Waals surface area contributed by atoms with Crippen molar-refractivity contribution in [3.05, 3.63) is 65.6 Å². The van der Waals surface area contributed by atoms with Gasteiger partial charge in [-0.1, -0.05) is 11.6 Å². The standard InChI is InChI=1S/C24H23ClFN3O/c25-16-1-4-18(5-2-16)28-23(30)20-7-9-24(20)10-13-29(14-11-24)22-8-12-27-21-6-3-17(26)15-19(21)22/h1-6,8,12,15,20H,7,9-11,13-14H2,(H,28,30)/t20-/m1/s1. The maximum absolute atomic E-state index is 13.8. The number of piperidine rings is 1. The van der Waals surface area contributed by atoms with Crippen molar-refractivity contribution in [2.75, 3.05) is 23.3 Å². The molecule has 30 heavy (non-hydrogen) atoms. The third kappa shape index (κ3) is 3.41. The Kier molecular flexibility index (Phi) is 4.86. The highest BCUT2D eigenvalue weighted by Gasteiger charge is 2.51. The Morgan fingerprint density at radius 3 is 2.57 bits per heavy atom. The van der Waals surface area contributed by atoms with Gasteiger partial charge in [-0.05, 0) is 79.6 Å². The molecule has 2 aromatic carbocycles. The molecule has 0 radical (unpaired) electrons. The molecule has 5 rings (SSSR count). The van der Waals surface area contributed by atoms with Crippen molar-refractivity contribution in [3.63, 3.8) is 0 Å². The van der Waals surface area contributed by atoms with E-state index >= 15 is 0 Å². The van der Waals surface area contributed by atoms with E-state index in [1.54, 1.807) is 30.5 Å². The molecule has 0 bridgehead atoms. The summed E-state index contributed by atoms with van der Waals surface area (Å²) in [6.07, 6.45) is 5.73. The first kappa shape index (κ1) is 19.3. The minimum Gasteiger partial charge on any atom is -0.371 e. The molecule has 1 atom stereocenters. The van der Waals surface area contributed by atoms with Crippen LogP contribution in [0.25, 0.3) is 10.9 Å². The topological polar surface area (TPSA) is 45.2 Å². The van der Waals surface area contributed by atoms with Gasteiger partial charge in [0.25, 0.3) is 0 Å². The number of hydrogen-bond acceptors (Lipinski definition) is 3. The first-order chi connectivity index (χ1) is 14.5. The van der Waals surface area contributed by atoms with Gasteiger partial charge < -0.3 is 10.2 Å². The van der Waals surface area contributed by atoms with Crippen molar-refractivity contribution in [2.45, 2.75) is 25.7 Å². The number of nitrogens with zero attached hydrogens (tertiary/aromatic N) is 2. The van der Waals surface area contributed by atoms with E-state index in [4.69, 9.17) is 11.6 Å². The number of pyridine rings is 1. The van der Waals surface area contributed by atoms with Crippen molar-refractivity contribution >= 4 is 39.8 Å². The number of carbonyl (C=O) groups is 1. The average molecular weight is 424 g/mol. The summed E-state index contributed by atoms with van der Waals surface area (Å²) in [5.41, 5.74) is 2.68. The third-order valence-electron chi connectivity index (χ3n) is 6.88. The highest BCUT2D eigenvalue weighted by atomic mass is 35.5. The molecule has 3 aromatic rings. The number of carbonyl (C=O) groups excluding carboxylic acids is 1.